The van der Waals surface area contributed by atoms with Gasteiger partial charge in [-0.25, -0.2) is 9.78 Å². The maximum Gasteiger partial charge on any atom is 0.350 e. The molecule has 0 amide bonds. The Morgan fingerprint density at radius 2 is 2.10 bits per heavy atom. The number of fused-ring (bicyclic) bond motifs is 1. The molecule has 168 valence electrons. The number of esters is 1. The second-order valence-corrected chi connectivity index (χ2v) is 8.00. The smallest absolute Gasteiger partial charge is 0.350 e. The summed E-state index contributed by atoms with van der Waals surface area (Å²) in [6.07, 6.45) is 3.10. The molecule has 0 aliphatic carbocycles. The summed E-state index contributed by atoms with van der Waals surface area (Å²) >= 11 is 1.36. The van der Waals surface area contributed by atoms with Crippen molar-refractivity contribution in [3.05, 3.63) is 52.1 Å². The van der Waals surface area contributed by atoms with Gasteiger partial charge in [0.05, 0.1) is 18.3 Å². The number of aromatic nitrogens is 2. The summed E-state index contributed by atoms with van der Waals surface area (Å²) in [7, 11) is 1.75. The minimum absolute atomic E-state index is 0. The number of benzene rings is 1. The van der Waals surface area contributed by atoms with Crippen molar-refractivity contribution in [1.29, 1.82) is 0 Å². The maximum absolute atomic E-state index is 12.0. The van der Waals surface area contributed by atoms with Crippen LogP contribution in [0, 0.1) is 6.92 Å². The molecule has 7 nitrogen and oxygen atoms in total. The highest BCUT2D eigenvalue weighted by Crippen LogP contribution is 2.24. The van der Waals surface area contributed by atoms with E-state index in [0.29, 0.717) is 23.1 Å². The molecule has 2 aromatic heterocycles. The molecule has 1 aromatic carbocycles. The second-order valence-electron chi connectivity index (χ2n) is 6.97. The van der Waals surface area contributed by atoms with Crippen LogP contribution >= 0.6 is 35.3 Å². The van der Waals surface area contributed by atoms with E-state index in [-0.39, 0.29) is 36.0 Å². The fourth-order valence-electron chi connectivity index (χ4n) is 3.24. The number of rotatable bonds is 8. The summed E-state index contributed by atoms with van der Waals surface area (Å²) < 4.78 is 7.37. The summed E-state index contributed by atoms with van der Waals surface area (Å²) in [5.74, 6) is 0.399. The first-order chi connectivity index (χ1) is 14.5. The van der Waals surface area contributed by atoms with E-state index in [1.54, 1.807) is 14.0 Å². The van der Waals surface area contributed by atoms with E-state index in [4.69, 9.17) is 4.74 Å². The van der Waals surface area contributed by atoms with E-state index < -0.39 is 0 Å². The first-order valence-corrected chi connectivity index (χ1v) is 11.0. The first kappa shape index (κ1) is 25.1. The van der Waals surface area contributed by atoms with Crippen molar-refractivity contribution in [3.63, 3.8) is 0 Å². The van der Waals surface area contributed by atoms with Crippen molar-refractivity contribution in [2.45, 2.75) is 39.8 Å². The summed E-state index contributed by atoms with van der Waals surface area (Å²) in [6.45, 7) is 7.72. The van der Waals surface area contributed by atoms with Crippen LogP contribution in [-0.4, -0.2) is 41.7 Å². The molecule has 0 spiro atoms. The molecule has 1 atom stereocenters. The van der Waals surface area contributed by atoms with Crippen molar-refractivity contribution in [1.82, 2.24) is 20.2 Å². The Hall–Kier alpha value is -2.14. The molecule has 2 heterocycles. The number of carbonyl (C=O) groups is 1. The van der Waals surface area contributed by atoms with Crippen molar-refractivity contribution < 1.29 is 9.53 Å². The number of aliphatic imine (C=N–C) groups is 1. The summed E-state index contributed by atoms with van der Waals surface area (Å²) in [4.78, 5) is 21.4. The topological polar surface area (TPSA) is 80.5 Å². The fraction of sp³-hybridized carbons (Fsp3) is 0.409. The van der Waals surface area contributed by atoms with Gasteiger partial charge in [0.25, 0.3) is 0 Å². The lowest BCUT2D eigenvalue weighted by molar-refractivity contribution is 0.0531. The number of hydrogen-bond acceptors (Lipinski definition) is 5. The quantitative estimate of drug-likeness (QED) is 0.141. The van der Waals surface area contributed by atoms with Gasteiger partial charge in [-0.3, -0.25) is 4.99 Å². The molecule has 0 fully saturated rings. The van der Waals surface area contributed by atoms with Gasteiger partial charge in [0, 0.05) is 31.9 Å². The van der Waals surface area contributed by atoms with E-state index in [1.807, 2.05) is 13.8 Å². The molecule has 0 bridgehead atoms. The minimum atomic E-state index is -0.314. The van der Waals surface area contributed by atoms with E-state index in [9.17, 15) is 4.79 Å². The number of para-hydroxylation sites is 1. The fourth-order valence-corrected chi connectivity index (χ4v) is 4.20. The third-order valence-corrected chi connectivity index (χ3v) is 6.09. The highest BCUT2D eigenvalue weighted by Gasteiger charge is 2.20. The third-order valence-electron chi connectivity index (χ3n) is 4.77. The zero-order valence-corrected chi connectivity index (χ0v) is 21.5. The van der Waals surface area contributed by atoms with Crippen LogP contribution in [-0.2, 0) is 11.3 Å². The predicted molar refractivity (Wildman–Crippen MR) is 138 cm³/mol. The number of ether oxygens (including phenoxy) is 1. The number of aryl methyl sites for hydroxylation is 2. The molecular weight excluding hydrogens is 525 g/mol. The predicted octanol–water partition coefficient (Wildman–Crippen LogP) is 4.52. The highest BCUT2D eigenvalue weighted by molar-refractivity contribution is 14.0. The Morgan fingerprint density at radius 1 is 1.32 bits per heavy atom. The summed E-state index contributed by atoms with van der Waals surface area (Å²) in [6, 6.07) is 10.5. The average molecular weight is 555 g/mol. The zero-order chi connectivity index (χ0) is 21.5. The SMILES string of the molecule is CCOC(=O)c1sc(C(C)NC(=NC)NCCCn2ccc3ccccc32)nc1C.I. The molecule has 2 N–H and O–H groups in total. The normalized spacial score (nSPS) is 12.3. The van der Waals surface area contributed by atoms with Crippen LogP contribution in [0.4, 0.5) is 0 Å². The van der Waals surface area contributed by atoms with Gasteiger partial charge in [0.15, 0.2) is 5.96 Å². The molecular formula is C22H30IN5O2S. The van der Waals surface area contributed by atoms with Gasteiger partial charge in [-0.1, -0.05) is 18.2 Å². The number of nitrogens with one attached hydrogen (secondary N) is 2. The van der Waals surface area contributed by atoms with Crippen LogP contribution in [0.1, 0.15) is 46.7 Å². The molecule has 1 unspecified atom stereocenters. The molecule has 0 aliphatic heterocycles. The van der Waals surface area contributed by atoms with Gasteiger partial charge in [-0.05, 0) is 44.7 Å². The number of thiazole rings is 1. The first-order valence-electron chi connectivity index (χ1n) is 10.2. The zero-order valence-electron chi connectivity index (χ0n) is 18.3. The summed E-state index contributed by atoms with van der Waals surface area (Å²) in [5.41, 5.74) is 1.95. The Labute approximate surface area is 204 Å². The molecule has 3 aromatic rings. The maximum atomic E-state index is 12.0. The standard InChI is InChI=1S/C22H29N5O2S.HI/c1-5-29-21(28)19-15(2)25-20(30-19)16(3)26-22(23-4)24-12-8-13-27-14-11-17-9-6-7-10-18(17)27;/h6-7,9-11,14,16H,5,8,12-13H2,1-4H3,(H2,23,24,26);1H. The number of halogens is 1. The Balaban J connectivity index is 0.00000341. The van der Waals surface area contributed by atoms with Crippen LogP contribution in [0.15, 0.2) is 41.5 Å². The van der Waals surface area contributed by atoms with Crippen LogP contribution in [0.25, 0.3) is 10.9 Å². The van der Waals surface area contributed by atoms with E-state index >= 15 is 0 Å². The van der Waals surface area contributed by atoms with Crippen LogP contribution in [0.5, 0.6) is 0 Å². The van der Waals surface area contributed by atoms with Crippen molar-refractivity contribution in [2.75, 3.05) is 20.2 Å². The van der Waals surface area contributed by atoms with E-state index in [0.717, 1.165) is 24.5 Å². The van der Waals surface area contributed by atoms with Crippen molar-refractivity contribution in [2.24, 2.45) is 4.99 Å². The van der Waals surface area contributed by atoms with Gasteiger partial charge >= 0.3 is 5.97 Å². The monoisotopic (exact) mass is 555 g/mol. The molecule has 0 saturated carbocycles. The molecule has 0 saturated heterocycles. The van der Waals surface area contributed by atoms with E-state index in [1.165, 1.54) is 22.2 Å². The van der Waals surface area contributed by atoms with E-state index in [2.05, 4.69) is 61.7 Å². The molecule has 0 aliphatic rings. The van der Waals surface area contributed by atoms with Crippen LogP contribution in [0.3, 0.4) is 0 Å². The highest BCUT2D eigenvalue weighted by atomic mass is 127. The lowest BCUT2D eigenvalue weighted by atomic mass is 10.2. The van der Waals surface area contributed by atoms with Gasteiger partial charge in [-0.2, -0.15) is 0 Å². The van der Waals surface area contributed by atoms with Crippen LogP contribution < -0.4 is 10.6 Å². The molecule has 31 heavy (non-hydrogen) atoms. The average Bonchev–Trinajstić information content (AvgIpc) is 3.34. The van der Waals surface area contributed by atoms with Gasteiger partial charge < -0.3 is 19.9 Å². The van der Waals surface area contributed by atoms with Crippen molar-refractivity contribution >= 4 is 58.1 Å². The van der Waals surface area contributed by atoms with Crippen molar-refractivity contribution in [3.8, 4) is 0 Å². The molecule has 9 heteroatoms. The summed E-state index contributed by atoms with van der Waals surface area (Å²) in [5, 5.41) is 8.79. The third kappa shape index (κ3) is 6.42. The van der Waals surface area contributed by atoms with Gasteiger partial charge in [0.1, 0.15) is 9.88 Å². The Morgan fingerprint density at radius 3 is 2.84 bits per heavy atom. The largest absolute Gasteiger partial charge is 0.462 e. The Kier molecular flexibility index (Phi) is 9.76. The molecule has 0 radical (unpaired) electrons. The number of hydrogen-bond donors (Lipinski definition) is 2. The lowest BCUT2D eigenvalue weighted by Gasteiger charge is -2.16. The van der Waals surface area contributed by atoms with Gasteiger partial charge in [-0.15, -0.1) is 35.3 Å². The number of guanidine groups is 1. The number of carbonyl (C=O) groups excluding carboxylic acids is 1. The molecule has 3 rings (SSSR count). The second kappa shape index (κ2) is 12.0. The lowest BCUT2D eigenvalue weighted by Crippen LogP contribution is -2.39. The minimum Gasteiger partial charge on any atom is -0.462 e. The number of nitrogens with zero attached hydrogens (tertiary/aromatic N) is 3. The van der Waals surface area contributed by atoms with Crippen LogP contribution in [0.2, 0.25) is 0 Å². The van der Waals surface area contributed by atoms with Gasteiger partial charge in [0.2, 0.25) is 0 Å². The Bertz CT molecular complexity index is 1030.